The summed E-state index contributed by atoms with van der Waals surface area (Å²) in [4.78, 5) is 23.8. The highest BCUT2D eigenvalue weighted by Crippen LogP contribution is 2.32. The Balaban J connectivity index is 1.91. The lowest BCUT2D eigenvalue weighted by Gasteiger charge is -2.35. The van der Waals surface area contributed by atoms with Gasteiger partial charge in [-0.05, 0) is 12.8 Å². The topological polar surface area (TPSA) is 92.3 Å². The molecule has 0 aromatic carbocycles. The van der Waals surface area contributed by atoms with Crippen molar-refractivity contribution in [3.05, 3.63) is 17.3 Å². The van der Waals surface area contributed by atoms with E-state index in [0.717, 1.165) is 25.7 Å². The van der Waals surface area contributed by atoms with E-state index in [0.29, 0.717) is 20.9 Å². The summed E-state index contributed by atoms with van der Waals surface area (Å²) >= 11 is 1.25. The lowest BCUT2D eigenvalue weighted by atomic mass is 9.91. The van der Waals surface area contributed by atoms with Crippen LogP contribution in [0, 0.1) is 0 Å². The molecule has 0 saturated heterocycles. The molecular weight excluding hydrogens is 288 g/mol. The van der Waals surface area contributed by atoms with Crippen molar-refractivity contribution in [2.45, 2.75) is 37.8 Å². The van der Waals surface area contributed by atoms with Gasteiger partial charge in [0.15, 0.2) is 0 Å². The molecule has 0 aliphatic heterocycles. The molecule has 0 bridgehead atoms. The summed E-state index contributed by atoms with van der Waals surface area (Å²) in [6.45, 7) is 0. The second kappa shape index (κ2) is 5.57. The third-order valence-corrected chi connectivity index (χ3v) is 5.16. The molecule has 2 atom stereocenters. The molecule has 1 amide bonds. The normalized spacial score (nSPS) is 22.4. The van der Waals surface area contributed by atoms with Gasteiger partial charge in [-0.15, -0.1) is 11.3 Å². The zero-order valence-corrected chi connectivity index (χ0v) is 12.6. The van der Waals surface area contributed by atoms with Gasteiger partial charge >= 0.3 is 0 Å². The zero-order chi connectivity index (χ0) is 15.0. The minimum absolute atomic E-state index is 0.142. The number of nitrogen functional groups attached to an aromatic ring is 1. The van der Waals surface area contributed by atoms with Crippen LogP contribution in [-0.4, -0.2) is 45.1 Å². The van der Waals surface area contributed by atoms with Gasteiger partial charge in [0.25, 0.3) is 5.91 Å². The number of aliphatic hydroxyl groups is 1. The molecule has 2 heterocycles. The summed E-state index contributed by atoms with van der Waals surface area (Å²) in [5, 5.41) is 10.1. The first-order valence-electron chi connectivity index (χ1n) is 7.04. The van der Waals surface area contributed by atoms with Crippen molar-refractivity contribution in [3.63, 3.8) is 0 Å². The van der Waals surface area contributed by atoms with Crippen LogP contribution in [0.2, 0.25) is 0 Å². The van der Waals surface area contributed by atoms with Crippen LogP contribution in [0.4, 0.5) is 5.69 Å². The Labute approximate surface area is 126 Å². The number of aromatic nitrogens is 2. The fourth-order valence-corrected chi connectivity index (χ4v) is 3.86. The molecular formula is C14H18N4O2S. The molecule has 2 unspecified atom stereocenters. The SMILES string of the molecule is CN(C(=O)c1sc2nccnc2c1N)C1CCCCC1O. The minimum atomic E-state index is -0.459. The van der Waals surface area contributed by atoms with E-state index in [4.69, 9.17) is 5.73 Å². The van der Waals surface area contributed by atoms with Gasteiger partial charge in [-0.25, -0.2) is 9.97 Å². The van der Waals surface area contributed by atoms with Gasteiger partial charge in [-0.3, -0.25) is 4.79 Å². The van der Waals surface area contributed by atoms with Crippen LogP contribution in [0.5, 0.6) is 0 Å². The molecule has 21 heavy (non-hydrogen) atoms. The molecule has 1 fully saturated rings. The summed E-state index contributed by atoms with van der Waals surface area (Å²) < 4.78 is 0. The van der Waals surface area contributed by atoms with Gasteiger partial charge in [-0.2, -0.15) is 0 Å². The number of fused-ring (bicyclic) bond motifs is 1. The summed E-state index contributed by atoms with van der Waals surface area (Å²) in [5.74, 6) is -0.164. The van der Waals surface area contributed by atoms with Crippen LogP contribution >= 0.6 is 11.3 Å². The molecule has 112 valence electrons. The number of nitrogens with two attached hydrogens (primary N) is 1. The number of hydrogen-bond donors (Lipinski definition) is 2. The predicted molar refractivity (Wildman–Crippen MR) is 82.2 cm³/mol. The molecule has 2 aromatic heterocycles. The van der Waals surface area contributed by atoms with Crippen LogP contribution in [0.3, 0.4) is 0 Å². The number of likely N-dealkylation sites (N-methyl/N-ethyl adjacent to an activating group) is 1. The fourth-order valence-electron chi connectivity index (χ4n) is 2.86. The molecule has 3 N–H and O–H groups in total. The number of rotatable bonds is 2. The highest BCUT2D eigenvalue weighted by molar-refractivity contribution is 7.21. The Kier molecular flexibility index (Phi) is 3.77. The van der Waals surface area contributed by atoms with Crippen LogP contribution in [0.1, 0.15) is 35.4 Å². The number of aliphatic hydroxyl groups excluding tert-OH is 1. The molecule has 0 radical (unpaired) electrons. The van der Waals surface area contributed by atoms with E-state index >= 15 is 0 Å². The average molecular weight is 306 g/mol. The second-order valence-electron chi connectivity index (χ2n) is 5.39. The predicted octanol–water partition coefficient (Wildman–Crippen LogP) is 1.65. The lowest BCUT2D eigenvalue weighted by Crippen LogP contribution is -2.46. The first-order chi connectivity index (χ1) is 10.1. The van der Waals surface area contributed by atoms with Crippen molar-refractivity contribution in [1.82, 2.24) is 14.9 Å². The monoisotopic (exact) mass is 306 g/mol. The Hall–Kier alpha value is -1.73. The number of amides is 1. The van der Waals surface area contributed by atoms with Crippen molar-refractivity contribution >= 4 is 33.3 Å². The van der Waals surface area contributed by atoms with Gasteiger partial charge < -0.3 is 15.7 Å². The summed E-state index contributed by atoms with van der Waals surface area (Å²) in [6, 6.07) is -0.142. The molecule has 1 aliphatic rings. The molecule has 1 aliphatic carbocycles. The average Bonchev–Trinajstić information content (AvgIpc) is 2.84. The summed E-state index contributed by atoms with van der Waals surface area (Å²) in [6.07, 6.45) is 6.30. The van der Waals surface area contributed by atoms with Crippen molar-refractivity contribution < 1.29 is 9.90 Å². The van der Waals surface area contributed by atoms with Crippen molar-refractivity contribution in [2.24, 2.45) is 0 Å². The molecule has 2 aromatic rings. The van der Waals surface area contributed by atoms with Gasteiger partial charge in [0.2, 0.25) is 0 Å². The molecule has 6 nitrogen and oxygen atoms in total. The largest absolute Gasteiger partial charge is 0.396 e. The maximum Gasteiger partial charge on any atom is 0.266 e. The Morgan fingerprint density at radius 1 is 1.38 bits per heavy atom. The maximum absolute atomic E-state index is 12.7. The lowest BCUT2D eigenvalue weighted by molar-refractivity contribution is 0.0271. The minimum Gasteiger partial charge on any atom is -0.396 e. The van der Waals surface area contributed by atoms with E-state index in [1.807, 2.05) is 0 Å². The number of hydrogen-bond acceptors (Lipinski definition) is 6. The fraction of sp³-hybridized carbons (Fsp3) is 0.500. The van der Waals surface area contributed by atoms with Crippen LogP contribution in [-0.2, 0) is 0 Å². The van der Waals surface area contributed by atoms with E-state index in [1.54, 1.807) is 24.3 Å². The number of carbonyl (C=O) groups excluding carboxylic acids is 1. The molecule has 3 rings (SSSR count). The number of carbonyl (C=O) groups is 1. The third-order valence-electron chi connectivity index (χ3n) is 4.07. The molecule has 0 spiro atoms. The number of anilines is 1. The second-order valence-corrected chi connectivity index (χ2v) is 6.39. The Bertz CT molecular complexity index is 672. The maximum atomic E-state index is 12.7. The van der Waals surface area contributed by atoms with Crippen molar-refractivity contribution in [3.8, 4) is 0 Å². The Morgan fingerprint density at radius 3 is 2.81 bits per heavy atom. The van der Waals surface area contributed by atoms with E-state index in [1.165, 1.54) is 11.3 Å². The Morgan fingerprint density at radius 2 is 2.10 bits per heavy atom. The van der Waals surface area contributed by atoms with Crippen LogP contribution in [0.15, 0.2) is 12.4 Å². The highest BCUT2D eigenvalue weighted by Gasteiger charge is 2.31. The van der Waals surface area contributed by atoms with E-state index in [-0.39, 0.29) is 11.9 Å². The summed E-state index contributed by atoms with van der Waals surface area (Å²) in [7, 11) is 1.73. The van der Waals surface area contributed by atoms with E-state index in [2.05, 4.69) is 9.97 Å². The molecule has 7 heteroatoms. The van der Waals surface area contributed by atoms with Gasteiger partial charge in [0, 0.05) is 19.4 Å². The third kappa shape index (κ3) is 2.47. The van der Waals surface area contributed by atoms with Crippen molar-refractivity contribution in [1.29, 1.82) is 0 Å². The highest BCUT2D eigenvalue weighted by atomic mass is 32.1. The molecule has 1 saturated carbocycles. The van der Waals surface area contributed by atoms with Crippen LogP contribution in [0.25, 0.3) is 10.3 Å². The van der Waals surface area contributed by atoms with Crippen LogP contribution < -0.4 is 5.73 Å². The number of thiophene rings is 1. The van der Waals surface area contributed by atoms with E-state index in [9.17, 15) is 9.90 Å². The first kappa shape index (κ1) is 14.2. The number of nitrogens with zero attached hydrogens (tertiary/aromatic N) is 3. The standard InChI is InChI=1S/C14H18N4O2S/c1-18(8-4-2-3-5-9(8)19)14(20)12-10(15)11-13(21-12)17-7-6-16-11/h6-9,19H,2-5,15H2,1H3. The first-order valence-corrected chi connectivity index (χ1v) is 7.85. The van der Waals surface area contributed by atoms with Gasteiger partial charge in [0.05, 0.1) is 17.8 Å². The van der Waals surface area contributed by atoms with E-state index < -0.39 is 6.10 Å². The van der Waals surface area contributed by atoms with Gasteiger partial charge in [-0.1, -0.05) is 12.8 Å². The zero-order valence-electron chi connectivity index (χ0n) is 11.8. The van der Waals surface area contributed by atoms with Gasteiger partial charge in [0.1, 0.15) is 15.2 Å². The van der Waals surface area contributed by atoms with Crippen molar-refractivity contribution in [2.75, 3.05) is 12.8 Å². The summed E-state index contributed by atoms with van der Waals surface area (Å²) in [5.41, 5.74) is 6.99. The quantitative estimate of drug-likeness (QED) is 0.880. The smallest absolute Gasteiger partial charge is 0.266 e.